The molecule has 0 saturated carbocycles. The molecule has 1 aliphatic rings. The first-order chi connectivity index (χ1) is 9.63. The van der Waals surface area contributed by atoms with Crippen LogP contribution in [0.25, 0.3) is 0 Å². The zero-order valence-electron chi connectivity index (χ0n) is 11.6. The van der Waals surface area contributed by atoms with Crippen LogP contribution in [0, 0.1) is 0 Å². The minimum Gasteiger partial charge on any atom is -0.367 e. The summed E-state index contributed by atoms with van der Waals surface area (Å²) >= 11 is 5.48. The van der Waals surface area contributed by atoms with Crippen molar-refractivity contribution in [3.8, 4) is 0 Å². The topological polar surface area (TPSA) is 29.3 Å². The number of hydrogen-bond acceptors (Lipinski definition) is 3. The van der Waals surface area contributed by atoms with Gasteiger partial charge in [0.1, 0.15) is 0 Å². The van der Waals surface area contributed by atoms with Gasteiger partial charge in [0.2, 0.25) is 0 Å². The molecule has 1 aliphatic heterocycles. The van der Waals surface area contributed by atoms with Crippen molar-refractivity contribution in [3.63, 3.8) is 0 Å². The lowest BCUT2D eigenvalue weighted by atomic mass is 10.0. The molecule has 1 aromatic carbocycles. The molecule has 1 aromatic heterocycles. The lowest BCUT2D eigenvalue weighted by Gasteiger charge is -2.31. The first kappa shape index (κ1) is 14.1. The molecule has 0 amide bonds. The van der Waals surface area contributed by atoms with Gasteiger partial charge in [-0.1, -0.05) is 22.0 Å². The molecule has 2 aromatic rings. The van der Waals surface area contributed by atoms with Crippen LogP contribution in [0.3, 0.4) is 0 Å². The predicted octanol–water partition coefficient (Wildman–Crippen LogP) is 3.96. The Bertz CT molecular complexity index is 606. The highest BCUT2D eigenvalue weighted by atomic mass is 79.9. The summed E-state index contributed by atoms with van der Waals surface area (Å²) in [6.07, 6.45) is 2.08. The lowest BCUT2D eigenvalue weighted by molar-refractivity contribution is 0.711. The van der Waals surface area contributed by atoms with Crippen LogP contribution in [0.15, 0.2) is 34.1 Å². The van der Waals surface area contributed by atoms with Crippen molar-refractivity contribution < 1.29 is 0 Å². The number of rotatable bonds is 3. The molecular weight excluding hydrogens is 332 g/mol. The number of thiophene rings is 1. The summed E-state index contributed by atoms with van der Waals surface area (Å²) in [7, 11) is 0. The van der Waals surface area contributed by atoms with Crippen LogP contribution in [0.1, 0.15) is 22.9 Å². The second kappa shape index (κ2) is 5.88. The minimum absolute atomic E-state index is 0.191. The highest BCUT2D eigenvalue weighted by Crippen LogP contribution is 2.32. The van der Waals surface area contributed by atoms with Gasteiger partial charge in [-0.15, -0.1) is 11.3 Å². The van der Waals surface area contributed by atoms with Crippen LogP contribution in [0.4, 0.5) is 5.69 Å². The minimum atomic E-state index is 0.191. The SMILES string of the molecule is CC(N)Cc1ccc(Br)cc1N1CCc2sccc2C1. The maximum Gasteiger partial charge on any atom is 0.0440 e. The molecule has 1 unspecified atom stereocenters. The smallest absolute Gasteiger partial charge is 0.0440 e. The van der Waals surface area contributed by atoms with Gasteiger partial charge in [-0.25, -0.2) is 0 Å². The molecule has 0 fully saturated rings. The lowest BCUT2D eigenvalue weighted by Crippen LogP contribution is -2.31. The molecule has 2 heterocycles. The van der Waals surface area contributed by atoms with Crippen molar-refractivity contribution in [2.24, 2.45) is 5.73 Å². The molecular formula is C16H19BrN2S. The molecule has 0 bridgehead atoms. The van der Waals surface area contributed by atoms with Crippen molar-refractivity contribution in [1.29, 1.82) is 0 Å². The molecule has 0 aliphatic carbocycles. The van der Waals surface area contributed by atoms with Gasteiger partial charge >= 0.3 is 0 Å². The van der Waals surface area contributed by atoms with E-state index in [1.54, 1.807) is 4.88 Å². The Morgan fingerprint density at radius 1 is 1.40 bits per heavy atom. The van der Waals surface area contributed by atoms with E-state index in [1.807, 2.05) is 11.3 Å². The van der Waals surface area contributed by atoms with E-state index in [4.69, 9.17) is 5.73 Å². The molecule has 0 spiro atoms. The molecule has 1 atom stereocenters. The van der Waals surface area contributed by atoms with Crippen molar-refractivity contribution in [2.75, 3.05) is 11.4 Å². The van der Waals surface area contributed by atoms with Crippen molar-refractivity contribution in [1.82, 2.24) is 0 Å². The van der Waals surface area contributed by atoms with Gasteiger partial charge in [0, 0.05) is 34.2 Å². The van der Waals surface area contributed by atoms with E-state index in [2.05, 4.69) is 57.4 Å². The predicted molar refractivity (Wildman–Crippen MR) is 90.6 cm³/mol. The summed E-state index contributed by atoms with van der Waals surface area (Å²) < 4.78 is 1.14. The molecule has 106 valence electrons. The summed E-state index contributed by atoms with van der Waals surface area (Å²) in [4.78, 5) is 4.03. The Morgan fingerprint density at radius 2 is 2.25 bits per heavy atom. The average Bonchev–Trinajstić information content (AvgIpc) is 2.87. The molecule has 0 saturated heterocycles. The normalized spacial score (nSPS) is 16.1. The van der Waals surface area contributed by atoms with E-state index in [-0.39, 0.29) is 6.04 Å². The molecule has 20 heavy (non-hydrogen) atoms. The number of nitrogens with zero attached hydrogens (tertiary/aromatic N) is 1. The van der Waals surface area contributed by atoms with E-state index in [0.29, 0.717) is 0 Å². The average molecular weight is 351 g/mol. The van der Waals surface area contributed by atoms with E-state index in [0.717, 1.165) is 30.4 Å². The van der Waals surface area contributed by atoms with Crippen molar-refractivity contribution in [2.45, 2.75) is 32.4 Å². The van der Waals surface area contributed by atoms with Gasteiger partial charge in [0.05, 0.1) is 0 Å². The van der Waals surface area contributed by atoms with Crippen molar-refractivity contribution >= 4 is 33.0 Å². The fourth-order valence-corrected chi connectivity index (χ4v) is 4.04. The van der Waals surface area contributed by atoms with Crippen LogP contribution in [0.5, 0.6) is 0 Å². The fourth-order valence-electron chi connectivity index (χ4n) is 2.80. The number of halogens is 1. The molecule has 2 N–H and O–H groups in total. The third-order valence-electron chi connectivity index (χ3n) is 3.74. The Morgan fingerprint density at radius 3 is 3.05 bits per heavy atom. The van der Waals surface area contributed by atoms with Crippen molar-refractivity contribution in [3.05, 3.63) is 50.1 Å². The summed E-state index contributed by atoms with van der Waals surface area (Å²) in [5, 5.41) is 2.21. The zero-order chi connectivity index (χ0) is 14.1. The van der Waals surface area contributed by atoms with Crippen LogP contribution >= 0.6 is 27.3 Å². The van der Waals surface area contributed by atoms with Gasteiger partial charge in [-0.3, -0.25) is 0 Å². The van der Waals surface area contributed by atoms with Crippen LogP contribution in [-0.4, -0.2) is 12.6 Å². The van der Waals surface area contributed by atoms with Crippen LogP contribution in [0.2, 0.25) is 0 Å². The molecule has 0 radical (unpaired) electrons. The largest absolute Gasteiger partial charge is 0.367 e. The van der Waals surface area contributed by atoms with E-state index >= 15 is 0 Å². The summed E-state index contributed by atoms with van der Waals surface area (Å²) in [5.74, 6) is 0. The quantitative estimate of drug-likeness (QED) is 0.907. The molecule has 2 nitrogen and oxygen atoms in total. The van der Waals surface area contributed by atoms with Gasteiger partial charge < -0.3 is 10.6 Å². The summed E-state index contributed by atoms with van der Waals surface area (Å²) in [5.41, 5.74) is 10.1. The Balaban J connectivity index is 1.91. The highest BCUT2D eigenvalue weighted by molar-refractivity contribution is 9.10. The number of benzene rings is 1. The van der Waals surface area contributed by atoms with Crippen LogP contribution in [-0.2, 0) is 19.4 Å². The Hall–Kier alpha value is -0.840. The maximum absolute atomic E-state index is 5.99. The zero-order valence-corrected chi connectivity index (χ0v) is 14.0. The fraction of sp³-hybridized carbons (Fsp3) is 0.375. The van der Waals surface area contributed by atoms with Gasteiger partial charge in [-0.05, 0) is 54.5 Å². The Kier molecular flexibility index (Phi) is 4.15. The van der Waals surface area contributed by atoms with Gasteiger partial charge in [-0.2, -0.15) is 0 Å². The number of anilines is 1. The standard InChI is InChI=1S/C16H19BrN2S/c1-11(18)8-12-2-3-14(17)9-15(12)19-6-4-16-13(10-19)5-7-20-16/h2-3,5,7,9,11H,4,6,8,10,18H2,1H3. The highest BCUT2D eigenvalue weighted by Gasteiger charge is 2.20. The van der Waals surface area contributed by atoms with Gasteiger partial charge in [0.15, 0.2) is 0 Å². The summed E-state index contributed by atoms with van der Waals surface area (Å²) in [6.45, 7) is 4.18. The third-order valence-corrected chi connectivity index (χ3v) is 5.25. The number of fused-ring (bicyclic) bond motifs is 1. The first-order valence-corrected chi connectivity index (χ1v) is 8.65. The maximum atomic E-state index is 5.99. The molecule has 3 rings (SSSR count). The van der Waals surface area contributed by atoms with E-state index in [9.17, 15) is 0 Å². The Labute approximate surface area is 132 Å². The second-order valence-electron chi connectivity index (χ2n) is 5.50. The van der Waals surface area contributed by atoms with E-state index in [1.165, 1.54) is 16.8 Å². The van der Waals surface area contributed by atoms with E-state index < -0.39 is 0 Å². The van der Waals surface area contributed by atoms with Gasteiger partial charge in [0.25, 0.3) is 0 Å². The number of nitrogens with two attached hydrogens (primary N) is 1. The monoisotopic (exact) mass is 350 g/mol. The molecule has 4 heteroatoms. The first-order valence-electron chi connectivity index (χ1n) is 6.97. The number of hydrogen-bond donors (Lipinski definition) is 1. The third kappa shape index (κ3) is 2.92. The van der Waals surface area contributed by atoms with Crippen LogP contribution < -0.4 is 10.6 Å². The second-order valence-corrected chi connectivity index (χ2v) is 7.41. The summed E-state index contributed by atoms with van der Waals surface area (Å²) in [6, 6.07) is 8.99.